The molecule has 2 heterocycles. The Morgan fingerprint density at radius 2 is 1.90 bits per heavy atom. The summed E-state index contributed by atoms with van der Waals surface area (Å²) in [5, 5.41) is 0. The van der Waals surface area contributed by atoms with Gasteiger partial charge in [0, 0.05) is 42.9 Å². The zero-order chi connectivity index (χ0) is 14.3. The Kier molecular flexibility index (Phi) is 3.57. The van der Waals surface area contributed by atoms with Crippen LogP contribution < -0.4 is 0 Å². The van der Waals surface area contributed by atoms with Crippen molar-refractivity contribution in [2.45, 2.75) is 58.4 Å². The molecule has 0 radical (unpaired) electrons. The number of piperidine rings is 1. The molecule has 1 aromatic rings. The second kappa shape index (κ2) is 5.23. The third-order valence-corrected chi connectivity index (χ3v) is 4.59. The second-order valence-corrected chi connectivity index (χ2v) is 6.61. The first-order chi connectivity index (χ1) is 9.58. The van der Waals surface area contributed by atoms with E-state index in [9.17, 15) is 4.79 Å². The lowest BCUT2D eigenvalue weighted by molar-refractivity contribution is -0.135. The number of aryl methyl sites for hydroxylation is 1. The topological polar surface area (TPSA) is 38.1 Å². The molecule has 0 atom stereocenters. The number of likely N-dealkylation sites (tertiary alicyclic amines) is 1. The van der Waals surface area contributed by atoms with Gasteiger partial charge < -0.3 is 9.47 Å². The Morgan fingerprint density at radius 3 is 2.45 bits per heavy atom. The smallest absolute Gasteiger partial charge is 0.225 e. The minimum atomic E-state index is 0.114. The first-order valence-corrected chi connectivity index (χ1v) is 7.90. The molecule has 0 unspecified atom stereocenters. The lowest BCUT2D eigenvalue weighted by Crippen LogP contribution is -2.41. The van der Waals surface area contributed by atoms with Gasteiger partial charge >= 0.3 is 0 Å². The molecule has 110 valence electrons. The van der Waals surface area contributed by atoms with Crippen molar-refractivity contribution >= 4 is 5.91 Å². The van der Waals surface area contributed by atoms with Crippen molar-refractivity contribution in [3.05, 3.63) is 17.7 Å². The van der Waals surface area contributed by atoms with Crippen molar-refractivity contribution in [1.82, 2.24) is 14.5 Å². The number of carbonyl (C=O) groups excluding carboxylic acids is 1. The van der Waals surface area contributed by atoms with E-state index in [2.05, 4.69) is 16.5 Å². The fourth-order valence-corrected chi connectivity index (χ4v) is 3.29. The molecule has 1 aliphatic carbocycles. The third kappa shape index (κ3) is 2.48. The van der Waals surface area contributed by atoms with Crippen LogP contribution in [0.25, 0.3) is 0 Å². The Bertz CT molecular complexity index is 494. The number of nitrogens with zero attached hydrogens (tertiary/aromatic N) is 3. The lowest BCUT2D eigenvalue weighted by Gasteiger charge is -2.34. The molecule has 1 aromatic heterocycles. The molecular formula is C16H25N3O. The highest BCUT2D eigenvalue weighted by molar-refractivity contribution is 5.78. The first kappa shape index (κ1) is 13.7. The average molecular weight is 275 g/mol. The van der Waals surface area contributed by atoms with E-state index in [0.29, 0.717) is 17.9 Å². The summed E-state index contributed by atoms with van der Waals surface area (Å²) in [6.07, 6.45) is 6.73. The zero-order valence-electron chi connectivity index (χ0n) is 12.8. The summed E-state index contributed by atoms with van der Waals surface area (Å²) in [7, 11) is 0. The van der Waals surface area contributed by atoms with Crippen LogP contribution in [-0.4, -0.2) is 33.4 Å². The van der Waals surface area contributed by atoms with E-state index in [1.165, 1.54) is 24.4 Å². The van der Waals surface area contributed by atoms with E-state index < -0.39 is 0 Å². The van der Waals surface area contributed by atoms with Crippen LogP contribution >= 0.6 is 0 Å². The van der Waals surface area contributed by atoms with E-state index in [1.54, 1.807) is 0 Å². The third-order valence-electron chi connectivity index (χ3n) is 4.59. The molecule has 4 heteroatoms. The molecule has 2 fully saturated rings. The molecule has 4 nitrogen and oxygen atoms in total. The molecule has 2 aliphatic rings. The predicted octanol–water partition coefficient (Wildman–Crippen LogP) is 2.89. The molecule has 0 bridgehead atoms. The Morgan fingerprint density at radius 1 is 1.25 bits per heavy atom. The van der Waals surface area contributed by atoms with Gasteiger partial charge in [0.05, 0.1) is 0 Å². The van der Waals surface area contributed by atoms with E-state index in [-0.39, 0.29) is 5.92 Å². The Labute approximate surface area is 121 Å². The normalized spacial score (nSPS) is 20.7. The van der Waals surface area contributed by atoms with E-state index in [0.717, 1.165) is 25.9 Å². The second-order valence-electron chi connectivity index (χ2n) is 6.61. The summed E-state index contributed by atoms with van der Waals surface area (Å²) in [6, 6.07) is 0.532. The Hall–Kier alpha value is -1.32. The predicted molar refractivity (Wildman–Crippen MR) is 78.6 cm³/mol. The molecule has 1 saturated carbocycles. The highest BCUT2D eigenvalue weighted by Crippen LogP contribution is 2.41. The van der Waals surface area contributed by atoms with Gasteiger partial charge in [-0.15, -0.1) is 0 Å². The largest absolute Gasteiger partial charge is 0.342 e. The summed E-state index contributed by atoms with van der Waals surface area (Å²) >= 11 is 0. The van der Waals surface area contributed by atoms with Crippen molar-refractivity contribution in [1.29, 1.82) is 0 Å². The van der Waals surface area contributed by atoms with Crippen LogP contribution in [-0.2, 0) is 4.79 Å². The van der Waals surface area contributed by atoms with Gasteiger partial charge in [-0.05, 0) is 32.6 Å². The standard InChI is InChI=1S/C16H25N3O/c1-11(2)16(20)18-8-6-14(7-9-18)19-12(3)10-17-15(19)13-4-5-13/h10-11,13-14H,4-9H2,1-3H3. The molecule has 1 amide bonds. The maximum Gasteiger partial charge on any atom is 0.225 e. The molecular weight excluding hydrogens is 250 g/mol. The van der Waals surface area contributed by atoms with Gasteiger partial charge in [-0.25, -0.2) is 4.98 Å². The van der Waals surface area contributed by atoms with Crippen molar-refractivity contribution in [2.75, 3.05) is 13.1 Å². The van der Waals surface area contributed by atoms with E-state index in [1.807, 2.05) is 24.9 Å². The minimum absolute atomic E-state index is 0.114. The van der Waals surface area contributed by atoms with Crippen molar-refractivity contribution in [3.63, 3.8) is 0 Å². The molecule has 1 aliphatic heterocycles. The van der Waals surface area contributed by atoms with Crippen LogP contribution in [0.3, 0.4) is 0 Å². The maximum atomic E-state index is 12.0. The summed E-state index contributed by atoms with van der Waals surface area (Å²) in [6.45, 7) is 7.91. The van der Waals surface area contributed by atoms with Crippen LogP contribution in [0.4, 0.5) is 0 Å². The van der Waals surface area contributed by atoms with Crippen LogP contribution in [0.15, 0.2) is 6.20 Å². The molecule has 1 saturated heterocycles. The number of amides is 1. The van der Waals surface area contributed by atoms with Gasteiger partial charge in [0.1, 0.15) is 5.82 Å². The van der Waals surface area contributed by atoms with Crippen molar-refractivity contribution in [3.8, 4) is 0 Å². The fraction of sp³-hybridized carbons (Fsp3) is 0.750. The van der Waals surface area contributed by atoms with Gasteiger partial charge in [-0.3, -0.25) is 4.79 Å². The van der Waals surface area contributed by atoms with Crippen molar-refractivity contribution in [2.24, 2.45) is 5.92 Å². The summed E-state index contributed by atoms with van der Waals surface area (Å²) in [5.41, 5.74) is 1.28. The number of carbonyl (C=O) groups is 1. The van der Waals surface area contributed by atoms with Gasteiger partial charge in [0.2, 0.25) is 5.91 Å². The fourth-order valence-electron chi connectivity index (χ4n) is 3.29. The summed E-state index contributed by atoms with van der Waals surface area (Å²) in [5.74, 6) is 2.40. The van der Waals surface area contributed by atoms with E-state index >= 15 is 0 Å². The lowest BCUT2D eigenvalue weighted by atomic mass is 10.0. The quantitative estimate of drug-likeness (QED) is 0.850. The highest BCUT2D eigenvalue weighted by atomic mass is 16.2. The van der Waals surface area contributed by atoms with Gasteiger partial charge in [0.25, 0.3) is 0 Å². The molecule has 0 N–H and O–H groups in total. The van der Waals surface area contributed by atoms with Crippen LogP contribution in [0.5, 0.6) is 0 Å². The van der Waals surface area contributed by atoms with Crippen LogP contribution in [0.2, 0.25) is 0 Å². The number of imidazole rings is 1. The number of aromatic nitrogens is 2. The van der Waals surface area contributed by atoms with Gasteiger partial charge in [-0.1, -0.05) is 13.8 Å². The number of hydrogen-bond donors (Lipinski definition) is 0. The minimum Gasteiger partial charge on any atom is -0.342 e. The molecule has 0 aromatic carbocycles. The zero-order valence-corrected chi connectivity index (χ0v) is 12.8. The van der Waals surface area contributed by atoms with Crippen LogP contribution in [0.1, 0.15) is 63.0 Å². The monoisotopic (exact) mass is 275 g/mol. The SMILES string of the molecule is Cc1cnc(C2CC2)n1C1CCN(C(=O)C(C)C)CC1. The Balaban J connectivity index is 1.69. The number of hydrogen-bond acceptors (Lipinski definition) is 2. The van der Waals surface area contributed by atoms with Crippen molar-refractivity contribution < 1.29 is 4.79 Å². The van der Waals surface area contributed by atoms with Gasteiger partial charge in [0.15, 0.2) is 0 Å². The number of rotatable bonds is 3. The van der Waals surface area contributed by atoms with E-state index in [4.69, 9.17) is 0 Å². The molecule has 3 rings (SSSR count). The average Bonchev–Trinajstić information content (AvgIpc) is 3.21. The summed E-state index contributed by atoms with van der Waals surface area (Å²) in [4.78, 5) is 18.7. The molecule has 20 heavy (non-hydrogen) atoms. The van der Waals surface area contributed by atoms with Gasteiger partial charge in [-0.2, -0.15) is 0 Å². The van der Waals surface area contributed by atoms with Crippen LogP contribution in [0, 0.1) is 12.8 Å². The first-order valence-electron chi connectivity index (χ1n) is 7.90. The maximum absolute atomic E-state index is 12.0. The molecule has 0 spiro atoms. The summed E-state index contributed by atoms with van der Waals surface area (Å²) < 4.78 is 2.45. The highest BCUT2D eigenvalue weighted by Gasteiger charge is 2.32.